The monoisotopic (exact) mass is 715 g/mol. The lowest BCUT2D eigenvalue weighted by atomic mass is 9.97. The maximum Gasteiger partial charge on any atom is 0.365 e. The standard InChI is InChI=1S/C32H39FN7O7PS/c1-8-32(33)25(41)23(46-29(32)40-18-35-24-26(39(6)7)36-30(34)37-27(24)40)16-45-48(43,38-19(2)28(42)44-17-31(3,4)5)49-47-22-15-11-13-20-12-9-10-14-21(20)22/h1,9-15,18-19,23,25,29,41H,16-17H2,2-7H3,(H,38,43)(H2,34,36,37)/t19-,23-,25-,29-,32-,48?/m1/s1. The molecule has 2 aromatic carbocycles. The van der Waals surface area contributed by atoms with E-state index in [9.17, 15) is 14.5 Å². The van der Waals surface area contributed by atoms with Gasteiger partial charge in [-0.2, -0.15) is 9.97 Å². The topological polar surface area (TPSA) is 176 Å². The molecule has 49 heavy (non-hydrogen) atoms. The summed E-state index contributed by atoms with van der Waals surface area (Å²) >= 11 is 0.450. The van der Waals surface area contributed by atoms with E-state index < -0.39 is 49.4 Å². The third kappa shape index (κ3) is 7.77. The second-order valence-corrected chi connectivity index (χ2v) is 16.7. The van der Waals surface area contributed by atoms with E-state index in [1.54, 1.807) is 31.1 Å². The number of aliphatic hydroxyl groups excluding tert-OH is 1. The molecule has 14 nitrogen and oxygen atoms in total. The van der Waals surface area contributed by atoms with E-state index in [2.05, 4.69) is 20.0 Å². The van der Waals surface area contributed by atoms with Gasteiger partial charge in [0.2, 0.25) is 11.6 Å². The van der Waals surface area contributed by atoms with Crippen LogP contribution in [-0.4, -0.2) is 81.8 Å². The molecule has 5 rings (SSSR count). The minimum absolute atomic E-state index is 0.105. The number of nitrogens with two attached hydrogens (primary N) is 1. The number of hydrogen-bond donors (Lipinski definition) is 3. The van der Waals surface area contributed by atoms with Crippen molar-refractivity contribution in [2.24, 2.45) is 5.41 Å². The molecule has 3 heterocycles. The number of esters is 1. The van der Waals surface area contributed by atoms with Crippen molar-refractivity contribution in [2.75, 3.05) is 37.9 Å². The van der Waals surface area contributed by atoms with Crippen molar-refractivity contribution < 1.29 is 37.0 Å². The van der Waals surface area contributed by atoms with Crippen LogP contribution in [0.2, 0.25) is 0 Å². The Bertz CT molecular complexity index is 1930. The normalized spacial score (nSPS) is 22.8. The van der Waals surface area contributed by atoms with Gasteiger partial charge < -0.3 is 33.9 Å². The molecule has 262 valence electrons. The van der Waals surface area contributed by atoms with E-state index in [4.69, 9.17) is 30.3 Å². The Hall–Kier alpha value is -3.97. The highest BCUT2D eigenvalue weighted by molar-refractivity contribution is 8.53. The number of carbonyl (C=O) groups is 1. The highest BCUT2D eigenvalue weighted by Gasteiger charge is 2.58. The number of anilines is 2. The molecule has 0 radical (unpaired) electrons. The molecule has 0 bridgehead atoms. The fourth-order valence-corrected chi connectivity index (χ4v) is 7.88. The van der Waals surface area contributed by atoms with Gasteiger partial charge in [-0.05, 0) is 23.8 Å². The maximum absolute atomic E-state index is 16.5. The number of hydrogen-bond acceptors (Lipinski definition) is 13. The highest BCUT2D eigenvalue weighted by Crippen LogP contribution is 2.58. The number of carbonyl (C=O) groups excluding carboxylic acids is 1. The Kier molecular flexibility index (Phi) is 10.5. The van der Waals surface area contributed by atoms with Gasteiger partial charge in [0.05, 0.1) is 19.5 Å². The first-order valence-corrected chi connectivity index (χ1v) is 18.2. The van der Waals surface area contributed by atoms with Gasteiger partial charge in [0.1, 0.15) is 24.0 Å². The van der Waals surface area contributed by atoms with E-state index in [0.717, 1.165) is 10.8 Å². The smallest absolute Gasteiger partial charge is 0.365 e. The van der Waals surface area contributed by atoms with Gasteiger partial charge in [-0.3, -0.25) is 13.9 Å². The summed E-state index contributed by atoms with van der Waals surface area (Å²) in [7, 11) is 3.45. The van der Waals surface area contributed by atoms with Crippen LogP contribution in [0.4, 0.5) is 16.2 Å². The zero-order valence-corrected chi connectivity index (χ0v) is 29.6. The van der Waals surface area contributed by atoms with Gasteiger partial charge in [-0.15, -0.1) is 6.42 Å². The molecule has 1 aliphatic rings. The minimum atomic E-state index is -4.19. The van der Waals surface area contributed by atoms with Crippen LogP contribution < -0.4 is 19.9 Å². The Balaban J connectivity index is 1.40. The van der Waals surface area contributed by atoms with Crippen LogP contribution in [0.25, 0.3) is 21.9 Å². The molecule has 4 aromatic rings. The average Bonchev–Trinajstić information content (AvgIpc) is 3.58. The summed E-state index contributed by atoms with van der Waals surface area (Å²) in [5.74, 6) is 1.97. The lowest BCUT2D eigenvalue weighted by molar-refractivity contribution is -0.148. The van der Waals surface area contributed by atoms with Crippen LogP contribution in [-0.2, 0) is 23.4 Å². The number of ether oxygens (including phenoxy) is 2. The second kappa shape index (κ2) is 14.1. The van der Waals surface area contributed by atoms with Crippen molar-refractivity contribution in [3.05, 3.63) is 48.8 Å². The minimum Gasteiger partial charge on any atom is -0.464 e. The SMILES string of the molecule is C#C[C@@]1(F)[C@H](O)[C@@H](COP(=O)(N[C@H](C)C(=O)OCC(C)(C)C)SOc2cccc3ccccc23)O[C@H]1n1cnc2c(N(C)C)nc(N)nc21. The van der Waals surface area contributed by atoms with Gasteiger partial charge in [0.15, 0.2) is 34.9 Å². The van der Waals surface area contributed by atoms with Gasteiger partial charge in [0, 0.05) is 19.5 Å². The predicted octanol–water partition coefficient (Wildman–Crippen LogP) is 4.65. The molecule has 0 saturated carbocycles. The van der Waals surface area contributed by atoms with Crippen LogP contribution in [0.15, 0.2) is 48.8 Å². The Labute approximate surface area is 287 Å². The summed E-state index contributed by atoms with van der Waals surface area (Å²) in [6.07, 6.45) is 1.86. The van der Waals surface area contributed by atoms with Gasteiger partial charge in [-0.1, -0.05) is 63.1 Å². The van der Waals surface area contributed by atoms with Crippen LogP contribution in [0, 0.1) is 17.8 Å². The van der Waals surface area contributed by atoms with Crippen LogP contribution >= 0.6 is 18.4 Å². The van der Waals surface area contributed by atoms with Crippen molar-refractivity contribution in [3.8, 4) is 18.1 Å². The molecule has 0 aliphatic carbocycles. The first-order valence-electron chi connectivity index (χ1n) is 15.3. The maximum atomic E-state index is 16.5. The number of benzene rings is 2. The number of alkyl halides is 1. The summed E-state index contributed by atoms with van der Waals surface area (Å²) in [4.78, 5) is 27.2. The number of aromatic nitrogens is 4. The summed E-state index contributed by atoms with van der Waals surface area (Å²) in [6.45, 7) is 2.46. The van der Waals surface area contributed by atoms with E-state index in [1.165, 1.54) is 17.8 Å². The largest absolute Gasteiger partial charge is 0.464 e. The lowest BCUT2D eigenvalue weighted by Gasteiger charge is -2.25. The summed E-state index contributed by atoms with van der Waals surface area (Å²) < 4.78 is 55.1. The summed E-state index contributed by atoms with van der Waals surface area (Å²) in [5.41, 5.74) is 3.22. The highest BCUT2D eigenvalue weighted by atomic mass is 32.7. The lowest BCUT2D eigenvalue weighted by Crippen LogP contribution is -2.42. The number of fused-ring (bicyclic) bond motifs is 2. The summed E-state index contributed by atoms with van der Waals surface area (Å²) in [5, 5.41) is 15.4. The molecule has 0 spiro atoms. The van der Waals surface area contributed by atoms with Crippen molar-refractivity contribution in [1.82, 2.24) is 24.6 Å². The van der Waals surface area contributed by atoms with Crippen molar-refractivity contribution in [2.45, 2.75) is 57.8 Å². The number of rotatable bonds is 12. The molecule has 1 fully saturated rings. The van der Waals surface area contributed by atoms with E-state index in [-0.39, 0.29) is 23.6 Å². The Morgan fingerprint density at radius 2 is 2.00 bits per heavy atom. The van der Waals surface area contributed by atoms with Gasteiger partial charge >= 0.3 is 12.7 Å². The molecule has 6 atom stereocenters. The number of nitrogen functional groups attached to an aromatic ring is 1. The van der Waals surface area contributed by atoms with Crippen LogP contribution in [0.1, 0.15) is 33.9 Å². The number of terminal acetylenes is 1. The van der Waals surface area contributed by atoms with E-state index >= 15 is 4.39 Å². The molecule has 1 unspecified atom stereocenters. The van der Waals surface area contributed by atoms with E-state index in [0.29, 0.717) is 28.7 Å². The zero-order chi connectivity index (χ0) is 35.7. The number of nitrogens with one attached hydrogen (secondary N) is 1. The first-order chi connectivity index (χ1) is 23.0. The number of halogens is 1. The van der Waals surface area contributed by atoms with Crippen LogP contribution in [0.5, 0.6) is 5.75 Å². The van der Waals surface area contributed by atoms with Crippen molar-refractivity contribution in [3.63, 3.8) is 0 Å². The average molecular weight is 716 g/mol. The molecular formula is C32H39FN7O7PS. The third-order valence-corrected chi connectivity index (χ3v) is 10.6. The van der Waals surface area contributed by atoms with E-state index in [1.807, 2.05) is 57.0 Å². The fraction of sp³-hybridized carbons (Fsp3) is 0.438. The predicted molar refractivity (Wildman–Crippen MR) is 185 cm³/mol. The second-order valence-electron chi connectivity index (χ2n) is 13.0. The number of aliphatic hydroxyl groups is 1. The quantitative estimate of drug-likeness (QED) is 0.0800. The Morgan fingerprint density at radius 3 is 2.69 bits per heavy atom. The van der Waals surface area contributed by atoms with Crippen molar-refractivity contribution >= 4 is 58.1 Å². The zero-order valence-electron chi connectivity index (χ0n) is 27.9. The molecule has 4 N–H and O–H groups in total. The van der Waals surface area contributed by atoms with Crippen LogP contribution in [0.3, 0.4) is 0 Å². The number of imidazole rings is 1. The Morgan fingerprint density at radius 1 is 1.29 bits per heavy atom. The van der Waals surface area contributed by atoms with Gasteiger partial charge in [0.25, 0.3) is 0 Å². The fourth-order valence-electron chi connectivity index (χ4n) is 5.02. The molecule has 1 aliphatic heterocycles. The first kappa shape index (κ1) is 36.3. The summed E-state index contributed by atoms with van der Waals surface area (Å²) in [6, 6.07) is 11.7. The molecular weight excluding hydrogens is 676 g/mol. The van der Waals surface area contributed by atoms with Gasteiger partial charge in [-0.25, -0.2) is 14.5 Å². The molecule has 17 heteroatoms. The molecule has 1 saturated heterocycles. The van der Waals surface area contributed by atoms with Crippen molar-refractivity contribution in [1.29, 1.82) is 0 Å². The third-order valence-electron chi connectivity index (χ3n) is 7.50. The molecule has 2 aromatic heterocycles. The number of nitrogens with zero attached hydrogens (tertiary/aromatic N) is 5. The molecule has 0 amide bonds.